The van der Waals surface area contributed by atoms with Crippen LogP contribution in [0.3, 0.4) is 0 Å². The van der Waals surface area contributed by atoms with E-state index in [1.54, 1.807) is 22.9 Å². The van der Waals surface area contributed by atoms with E-state index in [1.165, 1.54) is 0 Å². The topological polar surface area (TPSA) is 87.4 Å². The summed E-state index contributed by atoms with van der Waals surface area (Å²) in [7, 11) is 0. The molecule has 180 valence electrons. The number of para-hydroxylation sites is 1. The molecule has 1 saturated heterocycles. The summed E-state index contributed by atoms with van der Waals surface area (Å²) in [6.07, 6.45) is 2.61. The molecular weight excluding hydrogens is 460 g/mol. The number of benzene rings is 1. The van der Waals surface area contributed by atoms with Crippen molar-refractivity contribution in [3.05, 3.63) is 63.3 Å². The van der Waals surface area contributed by atoms with Gasteiger partial charge in [0.05, 0.1) is 23.1 Å². The van der Waals surface area contributed by atoms with Gasteiger partial charge in [-0.3, -0.25) is 18.7 Å². The van der Waals surface area contributed by atoms with Gasteiger partial charge in [0.2, 0.25) is 10.5 Å². The molecule has 4 heterocycles. The quantitative estimate of drug-likeness (QED) is 0.385. The van der Waals surface area contributed by atoms with E-state index in [0.29, 0.717) is 40.6 Å². The third-order valence-electron chi connectivity index (χ3n) is 6.53. The predicted molar refractivity (Wildman–Crippen MR) is 138 cm³/mol. The largest absolute Gasteiger partial charge is 0.353 e. The van der Waals surface area contributed by atoms with Crippen molar-refractivity contribution in [2.75, 3.05) is 31.1 Å². The zero-order valence-corrected chi connectivity index (χ0v) is 20.8. The summed E-state index contributed by atoms with van der Waals surface area (Å²) < 4.78 is 6.08. The molecule has 0 saturated carbocycles. The summed E-state index contributed by atoms with van der Waals surface area (Å²) in [6.45, 7) is 8.53. The average Bonchev–Trinajstić information content (AvgIpc) is 3.20. The Kier molecular flexibility index (Phi) is 6.36. The van der Waals surface area contributed by atoms with E-state index in [-0.39, 0.29) is 5.56 Å². The number of anilines is 1. The van der Waals surface area contributed by atoms with Gasteiger partial charge >= 0.3 is 0 Å². The van der Waals surface area contributed by atoms with Crippen LogP contribution in [-0.2, 0) is 13.2 Å². The van der Waals surface area contributed by atoms with Gasteiger partial charge in [0.25, 0.3) is 5.56 Å². The van der Waals surface area contributed by atoms with Crippen LogP contribution >= 0.6 is 12.2 Å². The number of aryl methyl sites for hydroxylation is 1. The van der Waals surface area contributed by atoms with Gasteiger partial charge in [0, 0.05) is 38.9 Å². The molecular formula is C25H28N8OS. The van der Waals surface area contributed by atoms with Gasteiger partial charge in [-0.25, -0.2) is 9.67 Å². The fraction of sp³-hybridized carbons (Fsp3) is 0.400. The van der Waals surface area contributed by atoms with Crippen molar-refractivity contribution >= 4 is 34.7 Å². The lowest BCUT2D eigenvalue weighted by molar-refractivity contribution is 0.194. The molecule has 4 aromatic rings. The minimum Gasteiger partial charge on any atom is -0.353 e. The second kappa shape index (κ2) is 9.60. The van der Waals surface area contributed by atoms with Crippen molar-refractivity contribution in [3.63, 3.8) is 0 Å². The summed E-state index contributed by atoms with van der Waals surface area (Å²) in [5, 5.41) is 14.9. The van der Waals surface area contributed by atoms with Crippen molar-refractivity contribution in [2.24, 2.45) is 5.92 Å². The van der Waals surface area contributed by atoms with Crippen LogP contribution in [0.25, 0.3) is 16.7 Å². The Hall–Kier alpha value is -3.55. The summed E-state index contributed by atoms with van der Waals surface area (Å²) in [4.78, 5) is 22.2. The maximum Gasteiger partial charge on any atom is 0.262 e. The van der Waals surface area contributed by atoms with Gasteiger partial charge in [-0.05, 0) is 48.8 Å². The van der Waals surface area contributed by atoms with Gasteiger partial charge < -0.3 is 4.90 Å². The third-order valence-corrected chi connectivity index (χ3v) is 6.92. The molecule has 1 fully saturated rings. The fourth-order valence-electron chi connectivity index (χ4n) is 4.58. The first-order chi connectivity index (χ1) is 17.0. The molecule has 0 amide bonds. The van der Waals surface area contributed by atoms with Crippen LogP contribution in [0, 0.1) is 22.0 Å². The number of nitriles is 1. The van der Waals surface area contributed by atoms with Crippen molar-refractivity contribution in [2.45, 2.75) is 33.5 Å². The maximum atomic E-state index is 13.3. The van der Waals surface area contributed by atoms with E-state index in [4.69, 9.17) is 17.3 Å². The molecule has 0 bridgehead atoms. The lowest BCUT2D eigenvalue weighted by Gasteiger charge is -2.35. The third kappa shape index (κ3) is 4.33. The van der Waals surface area contributed by atoms with Crippen LogP contribution in [0.15, 0.2) is 47.4 Å². The van der Waals surface area contributed by atoms with E-state index in [2.05, 4.69) is 34.7 Å². The molecule has 0 atom stereocenters. The summed E-state index contributed by atoms with van der Waals surface area (Å²) in [6, 6.07) is 13.4. The van der Waals surface area contributed by atoms with Crippen LogP contribution in [0.2, 0.25) is 0 Å². The molecule has 3 aromatic heterocycles. The minimum atomic E-state index is -0.0295. The molecule has 0 radical (unpaired) electrons. The Morgan fingerprint density at radius 2 is 1.89 bits per heavy atom. The molecule has 1 aliphatic rings. The predicted octanol–water partition coefficient (Wildman–Crippen LogP) is 3.27. The number of rotatable bonds is 6. The van der Waals surface area contributed by atoms with Gasteiger partial charge in [0.15, 0.2) is 0 Å². The number of pyridine rings is 1. The SMILES string of the molecule is CC(C)CCn1c(=O)c2ccccc2n2c(=S)n(CN3CCN(c4ncccc4C#N)CC3)nc12. The average molecular weight is 489 g/mol. The van der Waals surface area contributed by atoms with E-state index in [9.17, 15) is 10.1 Å². The Morgan fingerprint density at radius 1 is 1.11 bits per heavy atom. The standard InChI is InChI=1S/C25H28N8OS/c1-18(2)9-11-31-23(34)20-7-3-4-8-21(20)33-24(31)28-32(25(33)35)17-29-12-14-30(15-13-29)22-19(16-26)6-5-10-27-22/h3-8,10,18H,9,11-15,17H2,1-2H3. The molecule has 0 N–H and O–H groups in total. The first-order valence-electron chi connectivity index (χ1n) is 11.9. The molecule has 1 aliphatic heterocycles. The second-order valence-electron chi connectivity index (χ2n) is 9.31. The normalized spacial score (nSPS) is 14.7. The van der Waals surface area contributed by atoms with Crippen LogP contribution in [0.4, 0.5) is 5.82 Å². The molecule has 35 heavy (non-hydrogen) atoms. The highest BCUT2D eigenvalue weighted by molar-refractivity contribution is 7.71. The van der Waals surface area contributed by atoms with Crippen LogP contribution in [0.5, 0.6) is 0 Å². The van der Waals surface area contributed by atoms with Crippen molar-refractivity contribution < 1.29 is 0 Å². The van der Waals surface area contributed by atoms with E-state index >= 15 is 0 Å². The molecule has 0 spiro atoms. The Balaban J connectivity index is 1.45. The van der Waals surface area contributed by atoms with Gasteiger partial charge in [0.1, 0.15) is 11.9 Å². The first kappa shape index (κ1) is 23.2. The Labute approximate surface area is 208 Å². The Morgan fingerprint density at radius 3 is 2.63 bits per heavy atom. The van der Waals surface area contributed by atoms with E-state index < -0.39 is 0 Å². The number of fused-ring (bicyclic) bond motifs is 3. The summed E-state index contributed by atoms with van der Waals surface area (Å²) in [5.41, 5.74) is 1.35. The van der Waals surface area contributed by atoms with Gasteiger partial charge in [-0.15, -0.1) is 5.10 Å². The van der Waals surface area contributed by atoms with Crippen molar-refractivity contribution in [1.82, 2.24) is 28.6 Å². The number of hydrogen-bond acceptors (Lipinski definition) is 7. The molecule has 5 rings (SSSR count). The lowest BCUT2D eigenvalue weighted by Crippen LogP contribution is -2.47. The maximum absolute atomic E-state index is 13.3. The van der Waals surface area contributed by atoms with E-state index in [1.807, 2.05) is 33.3 Å². The van der Waals surface area contributed by atoms with Crippen LogP contribution in [0.1, 0.15) is 25.8 Å². The number of nitrogens with zero attached hydrogens (tertiary/aromatic N) is 8. The first-order valence-corrected chi connectivity index (χ1v) is 12.3. The fourth-order valence-corrected chi connectivity index (χ4v) is 4.85. The highest BCUT2D eigenvalue weighted by Crippen LogP contribution is 2.19. The lowest BCUT2D eigenvalue weighted by atomic mass is 10.1. The molecule has 10 heteroatoms. The summed E-state index contributed by atoms with van der Waals surface area (Å²) >= 11 is 5.86. The zero-order chi connectivity index (χ0) is 24.5. The highest BCUT2D eigenvalue weighted by atomic mass is 32.1. The van der Waals surface area contributed by atoms with Crippen LogP contribution < -0.4 is 10.5 Å². The molecule has 0 aliphatic carbocycles. The van der Waals surface area contributed by atoms with E-state index in [0.717, 1.165) is 43.9 Å². The van der Waals surface area contributed by atoms with Gasteiger partial charge in [-0.2, -0.15) is 5.26 Å². The minimum absolute atomic E-state index is 0.0295. The van der Waals surface area contributed by atoms with Crippen molar-refractivity contribution in [1.29, 1.82) is 5.26 Å². The van der Waals surface area contributed by atoms with Crippen molar-refractivity contribution in [3.8, 4) is 6.07 Å². The second-order valence-corrected chi connectivity index (χ2v) is 9.67. The highest BCUT2D eigenvalue weighted by Gasteiger charge is 2.22. The Bertz CT molecular complexity index is 1540. The molecule has 0 unspecified atom stereocenters. The van der Waals surface area contributed by atoms with Crippen LogP contribution in [-0.4, -0.2) is 54.8 Å². The number of aromatic nitrogens is 5. The monoisotopic (exact) mass is 488 g/mol. The summed E-state index contributed by atoms with van der Waals surface area (Å²) in [5.74, 6) is 1.79. The molecule has 9 nitrogen and oxygen atoms in total. The zero-order valence-electron chi connectivity index (χ0n) is 20.0. The number of hydrogen-bond donors (Lipinski definition) is 0. The number of piperazine rings is 1. The molecule has 1 aromatic carbocycles. The van der Waals surface area contributed by atoms with Gasteiger partial charge in [-0.1, -0.05) is 26.0 Å². The smallest absolute Gasteiger partial charge is 0.262 e.